The first-order valence-corrected chi connectivity index (χ1v) is 11.7. The summed E-state index contributed by atoms with van der Waals surface area (Å²) in [4.78, 5) is 0. The molecule has 2 aromatic carbocycles. The van der Waals surface area contributed by atoms with Gasteiger partial charge >= 0.3 is 0 Å². The van der Waals surface area contributed by atoms with Gasteiger partial charge in [-0.2, -0.15) is 0 Å². The van der Waals surface area contributed by atoms with Gasteiger partial charge in [0.15, 0.2) is 11.5 Å². The van der Waals surface area contributed by atoms with Crippen molar-refractivity contribution in [3.63, 3.8) is 0 Å². The second-order valence-corrected chi connectivity index (χ2v) is 10.2. The third-order valence-corrected chi connectivity index (χ3v) is 8.24. The Hall–Kier alpha value is -1.73. The van der Waals surface area contributed by atoms with Crippen LogP contribution in [0.25, 0.3) is 0 Å². The monoisotopic (exact) mass is 404 g/mol. The Morgan fingerprint density at radius 2 is 1.71 bits per heavy atom. The van der Waals surface area contributed by atoms with Crippen molar-refractivity contribution in [2.45, 2.75) is 36.9 Å². The summed E-state index contributed by atoms with van der Waals surface area (Å²) in [6.45, 7) is 3.23. The molecule has 6 heteroatoms. The van der Waals surface area contributed by atoms with Crippen molar-refractivity contribution in [1.82, 2.24) is 0 Å². The minimum Gasteiger partial charge on any atom is -0.486 e. The number of ether oxygens (including phenoxy) is 2. The van der Waals surface area contributed by atoms with E-state index in [9.17, 15) is 15.3 Å². The number of fused-ring (bicyclic) bond motifs is 1. The van der Waals surface area contributed by atoms with Crippen LogP contribution in [0, 0.1) is 6.92 Å². The van der Waals surface area contributed by atoms with Crippen LogP contribution in [0.2, 0.25) is 0 Å². The van der Waals surface area contributed by atoms with Crippen LogP contribution < -0.4 is 9.47 Å². The van der Waals surface area contributed by atoms with Crippen molar-refractivity contribution in [2.75, 3.05) is 25.2 Å². The van der Waals surface area contributed by atoms with Crippen molar-refractivity contribution in [3.8, 4) is 11.5 Å². The number of aryl methyl sites for hydroxylation is 1. The fraction of sp³-hybridized carbons (Fsp3) is 0.455. The SMILES string of the molecule is Cc1ccc(C2C(O)C(O)C(O)C[SH]2C)cc1Cc1ccc2c(c1)OCCO2. The average Bonchev–Trinajstić information content (AvgIpc) is 2.68. The number of hydrogen-bond acceptors (Lipinski definition) is 5. The normalized spacial score (nSPS) is 30.8. The van der Waals surface area contributed by atoms with E-state index in [0.29, 0.717) is 19.0 Å². The fourth-order valence-electron chi connectivity index (χ4n) is 4.13. The molecule has 3 N–H and O–H groups in total. The van der Waals surface area contributed by atoms with Gasteiger partial charge in [0.05, 0.1) is 12.2 Å². The minimum absolute atomic E-state index is 0.131. The summed E-state index contributed by atoms with van der Waals surface area (Å²) in [5.41, 5.74) is 4.54. The maximum absolute atomic E-state index is 10.6. The summed E-state index contributed by atoms with van der Waals surface area (Å²) < 4.78 is 11.3. The molecule has 0 aliphatic carbocycles. The lowest BCUT2D eigenvalue weighted by Gasteiger charge is -2.42. The van der Waals surface area contributed by atoms with Crippen LogP contribution in [0.3, 0.4) is 0 Å². The Bertz CT molecular complexity index is 855. The second kappa shape index (κ2) is 7.95. The van der Waals surface area contributed by atoms with Crippen LogP contribution in [0.4, 0.5) is 0 Å². The maximum atomic E-state index is 10.6. The molecule has 152 valence electrons. The van der Waals surface area contributed by atoms with Gasteiger partial charge in [0.25, 0.3) is 0 Å². The molecule has 1 fully saturated rings. The number of thiol groups is 1. The zero-order chi connectivity index (χ0) is 19.8. The Morgan fingerprint density at radius 1 is 0.964 bits per heavy atom. The highest BCUT2D eigenvalue weighted by Crippen LogP contribution is 2.48. The largest absolute Gasteiger partial charge is 0.486 e. The molecule has 28 heavy (non-hydrogen) atoms. The third-order valence-electron chi connectivity index (χ3n) is 5.73. The molecule has 2 heterocycles. The molecule has 0 amide bonds. The fourth-order valence-corrected chi connectivity index (χ4v) is 6.53. The molecule has 0 aromatic heterocycles. The van der Waals surface area contributed by atoms with Gasteiger partial charge in [0.1, 0.15) is 19.3 Å². The van der Waals surface area contributed by atoms with E-state index in [2.05, 4.69) is 31.4 Å². The van der Waals surface area contributed by atoms with E-state index >= 15 is 0 Å². The van der Waals surface area contributed by atoms with Gasteiger partial charge in [0.2, 0.25) is 0 Å². The van der Waals surface area contributed by atoms with Crippen molar-refractivity contribution < 1.29 is 24.8 Å². The summed E-state index contributed by atoms with van der Waals surface area (Å²) >= 11 is 0. The van der Waals surface area contributed by atoms with E-state index in [4.69, 9.17) is 9.47 Å². The molecule has 0 bridgehead atoms. The predicted octanol–water partition coefficient (Wildman–Crippen LogP) is 2.13. The zero-order valence-corrected chi connectivity index (χ0v) is 17.1. The number of benzene rings is 2. The van der Waals surface area contributed by atoms with Gasteiger partial charge in [-0.1, -0.05) is 24.3 Å². The smallest absolute Gasteiger partial charge is 0.161 e. The van der Waals surface area contributed by atoms with Gasteiger partial charge in [-0.3, -0.25) is 0 Å². The van der Waals surface area contributed by atoms with Gasteiger partial charge in [0, 0.05) is 11.0 Å². The van der Waals surface area contributed by atoms with Crippen molar-refractivity contribution in [1.29, 1.82) is 0 Å². The maximum Gasteiger partial charge on any atom is 0.161 e. The van der Waals surface area contributed by atoms with Crippen molar-refractivity contribution >= 4 is 10.9 Å². The standard InChI is InChI=1S/C22H28O5S/c1-13-3-5-15(22-21(25)20(24)17(23)12-28(22)2)11-16(13)9-14-4-6-18-19(10-14)27-8-7-26-18/h3-6,10-11,17,20-25,28H,7-9,12H2,1-2H3. The first kappa shape index (κ1) is 19.6. The van der Waals surface area contributed by atoms with Crippen molar-refractivity contribution in [2.24, 2.45) is 0 Å². The summed E-state index contributed by atoms with van der Waals surface area (Å²) in [6, 6.07) is 12.3. The van der Waals surface area contributed by atoms with Gasteiger partial charge in [-0.25, -0.2) is 10.9 Å². The minimum atomic E-state index is -1.09. The molecule has 2 aliphatic rings. The summed E-state index contributed by atoms with van der Waals surface area (Å²) in [7, 11) is -0.621. The molecule has 0 radical (unpaired) electrons. The molecule has 2 aliphatic heterocycles. The van der Waals surface area contributed by atoms with Crippen LogP contribution in [-0.4, -0.2) is 58.9 Å². The molecule has 0 spiro atoms. The van der Waals surface area contributed by atoms with Gasteiger partial charge in [-0.15, -0.1) is 0 Å². The molecule has 5 nitrogen and oxygen atoms in total. The van der Waals surface area contributed by atoms with E-state index < -0.39 is 29.2 Å². The number of rotatable bonds is 3. The zero-order valence-electron chi connectivity index (χ0n) is 16.2. The third kappa shape index (κ3) is 3.74. The number of aliphatic hydroxyl groups is 3. The Morgan fingerprint density at radius 3 is 2.50 bits per heavy atom. The lowest BCUT2D eigenvalue weighted by atomic mass is 9.94. The molecule has 5 atom stereocenters. The topological polar surface area (TPSA) is 79.2 Å². The van der Waals surface area contributed by atoms with E-state index in [1.807, 2.05) is 18.2 Å². The lowest BCUT2D eigenvalue weighted by molar-refractivity contribution is -0.0561. The van der Waals surface area contributed by atoms with Crippen LogP contribution in [0.15, 0.2) is 36.4 Å². The summed E-state index contributed by atoms with van der Waals surface area (Å²) in [5.74, 6) is 2.12. The summed E-state index contributed by atoms with van der Waals surface area (Å²) in [5, 5.41) is 30.6. The van der Waals surface area contributed by atoms with E-state index in [1.165, 1.54) is 11.1 Å². The van der Waals surface area contributed by atoms with Crippen LogP contribution in [-0.2, 0) is 6.42 Å². The Kier molecular flexibility index (Phi) is 5.56. The van der Waals surface area contributed by atoms with E-state index in [0.717, 1.165) is 29.0 Å². The van der Waals surface area contributed by atoms with Crippen LogP contribution in [0.5, 0.6) is 11.5 Å². The molecular formula is C22H28O5S. The summed E-state index contributed by atoms with van der Waals surface area (Å²) in [6.07, 6.45) is -0.0362. The predicted molar refractivity (Wildman–Crippen MR) is 112 cm³/mol. The average molecular weight is 405 g/mol. The Balaban J connectivity index is 1.61. The highest BCUT2D eigenvalue weighted by atomic mass is 32.2. The molecule has 2 aromatic rings. The Labute approximate surface area is 168 Å². The second-order valence-electron chi connectivity index (χ2n) is 7.77. The van der Waals surface area contributed by atoms with E-state index in [-0.39, 0.29) is 5.25 Å². The first-order chi connectivity index (χ1) is 13.4. The van der Waals surface area contributed by atoms with Gasteiger partial charge < -0.3 is 24.8 Å². The molecule has 5 unspecified atom stereocenters. The lowest BCUT2D eigenvalue weighted by Crippen LogP contribution is -2.47. The number of aliphatic hydroxyl groups excluding tert-OH is 3. The van der Waals surface area contributed by atoms with Crippen LogP contribution in [0.1, 0.15) is 27.5 Å². The van der Waals surface area contributed by atoms with E-state index in [1.54, 1.807) is 0 Å². The molecule has 1 saturated heterocycles. The highest BCUT2D eigenvalue weighted by molar-refractivity contribution is 8.16. The molecular weight excluding hydrogens is 376 g/mol. The van der Waals surface area contributed by atoms with Crippen molar-refractivity contribution in [3.05, 3.63) is 58.7 Å². The number of hydrogen-bond donors (Lipinski definition) is 4. The quantitative estimate of drug-likeness (QED) is 0.590. The van der Waals surface area contributed by atoms with Crippen LogP contribution >= 0.6 is 10.9 Å². The molecule has 4 rings (SSSR count). The van der Waals surface area contributed by atoms with Gasteiger partial charge in [-0.05, 0) is 54.0 Å². The highest BCUT2D eigenvalue weighted by Gasteiger charge is 2.40. The first-order valence-electron chi connectivity index (χ1n) is 9.66. The molecule has 0 saturated carbocycles.